The number of thiazole rings is 1. The molecule has 1 heterocycles. The van der Waals surface area contributed by atoms with Crippen LogP contribution in [0, 0.1) is 5.82 Å². The van der Waals surface area contributed by atoms with E-state index < -0.39 is 11.8 Å². The molecule has 0 saturated heterocycles. The second-order valence-electron chi connectivity index (χ2n) is 4.17. The van der Waals surface area contributed by atoms with Gasteiger partial charge in [-0.15, -0.1) is 11.3 Å². The number of benzene rings is 1. The molecule has 2 aromatic rings. The first-order valence-electron chi connectivity index (χ1n) is 5.49. The summed E-state index contributed by atoms with van der Waals surface area (Å²) < 4.78 is 13.6. The fourth-order valence-electron chi connectivity index (χ4n) is 1.63. The molecule has 0 bridgehead atoms. The molecule has 0 amide bonds. The molecule has 0 aliphatic rings. The zero-order chi connectivity index (χ0) is 13.3. The van der Waals surface area contributed by atoms with Gasteiger partial charge in [-0.25, -0.2) is 14.2 Å². The fourth-order valence-corrected chi connectivity index (χ4v) is 2.71. The summed E-state index contributed by atoms with van der Waals surface area (Å²) in [4.78, 5) is 15.6. The molecular weight excluding hydrogens is 253 g/mol. The predicted octanol–water partition coefficient (Wildman–Crippen LogP) is 3.77. The number of hydrogen-bond donors (Lipinski definition) is 1. The Balaban J connectivity index is 2.57. The Morgan fingerprint density at radius 2 is 2.06 bits per heavy atom. The third-order valence-electron chi connectivity index (χ3n) is 2.50. The van der Waals surface area contributed by atoms with Crippen molar-refractivity contribution in [2.75, 3.05) is 0 Å². The highest BCUT2D eigenvalue weighted by Gasteiger charge is 2.21. The van der Waals surface area contributed by atoms with E-state index in [1.165, 1.54) is 6.07 Å². The monoisotopic (exact) mass is 265 g/mol. The molecule has 18 heavy (non-hydrogen) atoms. The maximum absolute atomic E-state index is 13.6. The summed E-state index contributed by atoms with van der Waals surface area (Å²) in [6.07, 6.45) is 0. The third-order valence-corrected chi connectivity index (χ3v) is 3.59. The molecule has 0 unspecified atom stereocenters. The standard InChI is InChI=1S/C13H12FNO2S/c1-7(2)10-11(13(16)17)18-12(15-10)8-5-3-4-6-9(8)14/h3-7H,1-2H3,(H,16,17). The van der Waals surface area contributed by atoms with Gasteiger partial charge in [0.25, 0.3) is 0 Å². The van der Waals surface area contributed by atoms with Crippen molar-refractivity contribution < 1.29 is 14.3 Å². The molecule has 0 saturated carbocycles. The summed E-state index contributed by atoms with van der Waals surface area (Å²) in [5.41, 5.74) is 0.850. The molecule has 0 aliphatic heterocycles. The summed E-state index contributed by atoms with van der Waals surface area (Å²) in [5, 5.41) is 9.53. The van der Waals surface area contributed by atoms with Gasteiger partial charge in [-0.1, -0.05) is 26.0 Å². The minimum atomic E-state index is -1.02. The molecule has 0 fully saturated rings. The van der Waals surface area contributed by atoms with E-state index in [4.69, 9.17) is 5.11 Å². The van der Waals surface area contributed by atoms with Gasteiger partial charge >= 0.3 is 5.97 Å². The lowest BCUT2D eigenvalue weighted by Gasteiger charge is -2.00. The molecule has 1 aromatic carbocycles. The Labute approximate surface area is 108 Å². The van der Waals surface area contributed by atoms with Crippen LogP contribution in [0.2, 0.25) is 0 Å². The molecular formula is C13H12FNO2S. The zero-order valence-electron chi connectivity index (χ0n) is 9.98. The number of carboxylic acids is 1. The van der Waals surface area contributed by atoms with Gasteiger partial charge in [-0.05, 0) is 18.1 Å². The summed E-state index contributed by atoms with van der Waals surface area (Å²) in [5.74, 6) is -1.41. The van der Waals surface area contributed by atoms with Gasteiger partial charge in [0, 0.05) is 5.56 Å². The summed E-state index contributed by atoms with van der Waals surface area (Å²) >= 11 is 1.01. The van der Waals surface area contributed by atoms with Crippen LogP contribution in [0.3, 0.4) is 0 Å². The largest absolute Gasteiger partial charge is 0.477 e. The highest BCUT2D eigenvalue weighted by Crippen LogP contribution is 2.32. The molecule has 5 heteroatoms. The molecule has 0 spiro atoms. The van der Waals surface area contributed by atoms with Gasteiger partial charge < -0.3 is 5.11 Å². The zero-order valence-corrected chi connectivity index (χ0v) is 10.8. The van der Waals surface area contributed by atoms with E-state index in [0.29, 0.717) is 16.3 Å². The number of carboxylic acid groups (broad SMARTS) is 1. The van der Waals surface area contributed by atoms with Crippen LogP contribution in [0.1, 0.15) is 35.1 Å². The van der Waals surface area contributed by atoms with E-state index in [2.05, 4.69) is 4.98 Å². The first-order chi connectivity index (χ1) is 8.50. The Hall–Kier alpha value is -1.75. The van der Waals surface area contributed by atoms with E-state index in [0.717, 1.165) is 11.3 Å². The molecule has 0 atom stereocenters. The SMILES string of the molecule is CC(C)c1nc(-c2ccccc2F)sc1C(=O)O. The minimum Gasteiger partial charge on any atom is -0.477 e. The van der Waals surface area contributed by atoms with Crippen LogP contribution in [0.15, 0.2) is 24.3 Å². The maximum Gasteiger partial charge on any atom is 0.347 e. The lowest BCUT2D eigenvalue weighted by molar-refractivity contribution is 0.0700. The average molecular weight is 265 g/mol. The highest BCUT2D eigenvalue weighted by atomic mass is 32.1. The Kier molecular flexibility index (Phi) is 3.43. The van der Waals surface area contributed by atoms with Crippen LogP contribution < -0.4 is 0 Å². The van der Waals surface area contributed by atoms with Crippen molar-refractivity contribution in [3.05, 3.63) is 40.7 Å². The van der Waals surface area contributed by atoms with Crippen LogP contribution in [0.4, 0.5) is 4.39 Å². The van der Waals surface area contributed by atoms with Crippen molar-refractivity contribution in [1.29, 1.82) is 0 Å². The molecule has 0 aliphatic carbocycles. The second kappa shape index (κ2) is 4.86. The van der Waals surface area contributed by atoms with Crippen molar-refractivity contribution in [2.24, 2.45) is 0 Å². The first-order valence-corrected chi connectivity index (χ1v) is 6.31. The minimum absolute atomic E-state index is 0.00660. The van der Waals surface area contributed by atoms with Crippen molar-refractivity contribution in [2.45, 2.75) is 19.8 Å². The van der Waals surface area contributed by atoms with E-state index in [1.54, 1.807) is 18.2 Å². The number of halogens is 1. The lowest BCUT2D eigenvalue weighted by atomic mass is 10.1. The molecule has 0 radical (unpaired) electrons. The second-order valence-corrected chi connectivity index (χ2v) is 5.17. The van der Waals surface area contributed by atoms with Crippen LogP contribution in [-0.2, 0) is 0 Å². The number of aromatic nitrogens is 1. The van der Waals surface area contributed by atoms with Crippen LogP contribution >= 0.6 is 11.3 Å². The third kappa shape index (κ3) is 2.26. The van der Waals surface area contributed by atoms with E-state index in [-0.39, 0.29) is 10.8 Å². The van der Waals surface area contributed by atoms with Crippen molar-refractivity contribution in [3.8, 4) is 10.6 Å². The van der Waals surface area contributed by atoms with Crippen molar-refractivity contribution >= 4 is 17.3 Å². The first kappa shape index (κ1) is 12.7. The number of hydrogen-bond acceptors (Lipinski definition) is 3. The predicted molar refractivity (Wildman–Crippen MR) is 68.6 cm³/mol. The quantitative estimate of drug-likeness (QED) is 0.919. The lowest BCUT2D eigenvalue weighted by Crippen LogP contribution is -2.00. The summed E-state index contributed by atoms with van der Waals surface area (Å²) in [7, 11) is 0. The Morgan fingerprint density at radius 3 is 2.56 bits per heavy atom. The van der Waals surface area contributed by atoms with Gasteiger partial charge in [0.2, 0.25) is 0 Å². The van der Waals surface area contributed by atoms with Gasteiger partial charge in [0.1, 0.15) is 15.7 Å². The van der Waals surface area contributed by atoms with Crippen LogP contribution in [-0.4, -0.2) is 16.1 Å². The number of rotatable bonds is 3. The molecule has 1 aromatic heterocycles. The molecule has 1 N–H and O–H groups in total. The maximum atomic E-state index is 13.6. The summed E-state index contributed by atoms with van der Waals surface area (Å²) in [6, 6.07) is 6.24. The topological polar surface area (TPSA) is 50.2 Å². The fraction of sp³-hybridized carbons (Fsp3) is 0.231. The molecule has 2 rings (SSSR count). The Bertz CT molecular complexity index is 592. The highest BCUT2D eigenvalue weighted by molar-refractivity contribution is 7.17. The van der Waals surface area contributed by atoms with E-state index in [1.807, 2.05) is 13.8 Å². The van der Waals surface area contributed by atoms with Gasteiger partial charge in [0.15, 0.2) is 0 Å². The summed E-state index contributed by atoms with van der Waals surface area (Å²) in [6.45, 7) is 3.74. The normalized spacial score (nSPS) is 10.9. The van der Waals surface area contributed by atoms with Crippen LogP contribution in [0.5, 0.6) is 0 Å². The number of aromatic carboxylic acids is 1. The number of carbonyl (C=O) groups is 1. The van der Waals surface area contributed by atoms with E-state index >= 15 is 0 Å². The van der Waals surface area contributed by atoms with E-state index in [9.17, 15) is 9.18 Å². The van der Waals surface area contributed by atoms with Gasteiger partial charge in [-0.2, -0.15) is 0 Å². The number of nitrogens with zero attached hydrogens (tertiary/aromatic N) is 1. The Morgan fingerprint density at radius 1 is 1.39 bits per heavy atom. The van der Waals surface area contributed by atoms with Crippen molar-refractivity contribution in [1.82, 2.24) is 4.98 Å². The molecule has 3 nitrogen and oxygen atoms in total. The van der Waals surface area contributed by atoms with Gasteiger partial charge in [-0.3, -0.25) is 0 Å². The molecule has 94 valence electrons. The van der Waals surface area contributed by atoms with Crippen LogP contribution in [0.25, 0.3) is 10.6 Å². The average Bonchev–Trinajstić information content (AvgIpc) is 2.74. The smallest absolute Gasteiger partial charge is 0.347 e. The van der Waals surface area contributed by atoms with Crippen molar-refractivity contribution in [3.63, 3.8) is 0 Å². The van der Waals surface area contributed by atoms with Gasteiger partial charge in [0.05, 0.1) is 5.69 Å².